The molecule has 0 fully saturated rings. The van der Waals surface area contributed by atoms with E-state index in [-0.39, 0.29) is 6.04 Å². The Morgan fingerprint density at radius 1 is 1.36 bits per heavy atom. The fraction of sp³-hybridized carbons (Fsp3) is 1.00. The fourth-order valence-corrected chi connectivity index (χ4v) is 1.14. The van der Waals surface area contributed by atoms with Crippen LogP contribution in [0.15, 0.2) is 0 Å². The summed E-state index contributed by atoms with van der Waals surface area (Å²) in [4.78, 5) is 0. The number of nitrogens with one attached hydrogen (secondary N) is 1. The van der Waals surface area contributed by atoms with E-state index in [0.29, 0.717) is 6.42 Å². The van der Waals surface area contributed by atoms with Crippen molar-refractivity contribution in [1.82, 2.24) is 5.32 Å². The molecule has 0 aromatic carbocycles. The predicted octanol–water partition coefficient (Wildman–Crippen LogP) is 0.465. The van der Waals surface area contributed by atoms with Gasteiger partial charge in [-0.2, -0.15) is 0 Å². The second-order valence-electron chi connectivity index (χ2n) is 2.86. The number of rotatable bonds is 5. The zero-order valence-electron chi connectivity index (χ0n) is 7.59. The Labute approximate surface area is 68.4 Å². The van der Waals surface area contributed by atoms with Crippen molar-refractivity contribution < 1.29 is 10.2 Å². The van der Waals surface area contributed by atoms with E-state index in [1.165, 1.54) is 0 Å². The van der Waals surface area contributed by atoms with Gasteiger partial charge in [0.2, 0.25) is 0 Å². The highest BCUT2D eigenvalue weighted by Crippen LogP contribution is 2.14. The van der Waals surface area contributed by atoms with E-state index in [2.05, 4.69) is 5.32 Å². The zero-order valence-corrected chi connectivity index (χ0v) is 7.59. The summed E-state index contributed by atoms with van der Waals surface area (Å²) in [7, 11) is 1.75. The van der Waals surface area contributed by atoms with E-state index in [1.807, 2.05) is 6.92 Å². The lowest BCUT2D eigenvalue weighted by Crippen LogP contribution is -2.49. The van der Waals surface area contributed by atoms with Crippen molar-refractivity contribution in [2.45, 2.75) is 44.9 Å². The van der Waals surface area contributed by atoms with Gasteiger partial charge in [-0.25, -0.2) is 0 Å². The molecule has 0 bridgehead atoms. The third-order valence-electron chi connectivity index (χ3n) is 2.00. The quantitative estimate of drug-likeness (QED) is 0.514. The van der Waals surface area contributed by atoms with Crippen LogP contribution in [-0.2, 0) is 0 Å². The smallest absolute Gasteiger partial charge is 0.178 e. The topological polar surface area (TPSA) is 52.5 Å². The molecule has 0 saturated carbocycles. The summed E-state index contributed by atoms with van der Waals surface area (Å²) >= 11 is 0. The minimum absolute atomic E-state index is 0.211. The van der Waals surface area contributed by atoms with Crippen molar-refractivity contribution in [3.05, 3.63) is 0 Å². The first-order chi connectivity index (χ1) is 5.08. The highest BCUT2D eigenvalue weighted by molar-refractivity contribution is 4.79. The van der Waals surface area contributed by atoms with E-state index in [9.17, 15) is 10.2 Å². The van der Waals surface area contributed by atoms with Gasteiger partial charge in [-0.1, -0.05) is 20.3 Å². The molecule has 0 aliphatic rings. The van der Waals surface area contributed by atoms with Gasteiger partial charge in [0.25, 0.3) is 0 Å². The SMILES string of the molecule is CCCC(NC)C(O)(O)CC. The highest BCUT2D eigenvalue weighted by Gasteiger charge is 2.30. The van der Waals surface area contributed by atoms with Crippen LogP contribution in [0.4, 0.5) is 0 Å². The molecular weight excluding hydrogens is 142 g/mol. The number of hydrogen-bond acceptors (Lipinski definition) is 3. The molecule has 0 aromatic heterocycles. The Morgan fingerprint density at radius 2 is 1.91 bits per heavy atom. The molecule has 0 aromatic rings. The van der Waals surface area contributed by atoms with Gasteiger partial charge in [-0.3, -0.25) is 0 Å². The first-order valence-corrected chi connectivity index (χ1v) is 4.20. The van der Waals surface area contributed by atoms with Gasteiger partial charge < -0.3 is 15.5 Å². The van der Waals surface area contributed by atoms with Crippen molar-refractivity contribution in [3.8, 4) is 0 Å². The van der Waals surface area contributed by atoms with E-state index in [4.69, 9.17) is 0 Å². The van der Waals surface area contributed by atoms with E-state index in [0.717, 1.165) is 12.8 Å². The molecule has 0 rings (SSSR count). The molecule has 0 aliphatic carbocycles. The molecule has 0 spiro atoms. The monoisotopic (exact) mass is 161 g/mol. The Balaban J connectivity index is 3.99. The van der Waals surface area contributed by atoms with Crippen LogP contribution in [0.3, 0.4) is 0 Å². The van der Waals surface area contributed by atoms with E-state index in [1.54, 1.807) is 14.0 Å². The molecule has 11 heavy (non-hydrogen) atoms. The molecule has 0 aliphatic heterocycles. The van der Waals surface area contributed by atoms with Gasteiger partial charge in [0.15, 0.2) is 5.79 Å². The predicted molar refractivity (Wildman–Crippen MR) is 45.2 cm³/mol. The lowest BCUT2D eigenvalue weighted by molar-refractivity contribution is -0.185. The molecular formula is C8H19NO2. The standard InChI is InChI=1S/C8H19NO2/c1-4-6-7(9-3)8(10,11)5-2/h7,9-11H,4-6H2,1-3H3. The Kier molecular flexibility index (Phi) is 4.65. The van der Waals surface area contributed by atoms with Crippen LogP contribution < -0.4 is 5.32 Å². The van der Waals surface area contributed by atoms with Crippen LogP contribution in [0.2, 0.25) is 0 Å². The average molecular weight is 161 g/mol. The first kappa shape index (κ1) is 10.9. The molecule has 3 heteroatoms. The molecule has 0 amide bonds. The van der Waals surface area contributed by atoms with Crippen LogP contribution >= 0.6 is 0 Å². The molecule has 1 unspecified atom stereocenters. The second-order valence-corrected chi connectivity index (χ2v) is 2.86. The molecule has 0 heterocycles. The summed E-state index contributed by atoms with van der Waals surface area (Å²) in [6, 6.07) is -0.211. The maximum atomic E-state index is 9.41. The van der Waals surface area contributed by atoms with Crippen LogP contribution in [0.25, 0.3) is 0 Å². The Hall–Kier alpha value is -0.120. The second kappa shape index (κ2) is 4.70. The van der Waals surface area contributed by atoms with Crippen molar-refractivity contribution in [2.75, 3.05) is 7.05 Å². The molecule has 3 N–H and O–H groups in total. The highest BCUT2D eigenvalue weighted by atomic mass is 16.5. The normalized spacial score (nSPS) is 15.0. The minimum Gasteiger partial charge on any atom is -0.364 e. The summed E-state index contributed by atoms with van der Waals surface area (Å²) < 4.78 is 0. The maximum absolute atomic E-state index is 9.41. The van der Waals surface area contributed by atoms with Gasteiger partial charge in [-0.15, -0.1) is 0 Å². The third kappa shape index (κ3) is 3.18. The average Bonchev–Trinajstić information content (AvgIpc) is 2.00. The largest absolute Gasteiger partial charge is 0.364 e. The molecule has 68 valence electrons. The Morgan fingerprint density at radius 3 is 2.18 bits per heavy atom. The van der Waals surface area contributed by atoms with Crippen LogP contribution in [0.1, 0.15) is 33.1 Å². The van der Waals surface area contributed by atoms with Gasteiger partial charge in [-0.05, 0) is 19.9 Å². The van der Waals surface area contributed by atoms with Crippen molar-refractivity contribution in [2.24, 2.45) is 0 Å². The zero-order chi connectivity index (χ0) is 8.91. The van der Waals surface area contributed by atoms with Crippen molar-refractivity contribution in [1.29, 1.82) is 0 Å². The summed E-state index contributed by atoms with van der Waals surface area (Å²) in [6.45, 7) is 3.79. The number of aliphatic hydroxyl groups is 2. The molecule has 1 atom stereocenters. The van der Waals surface area contributed by atoms with Crippen LogP contribution in [-0.4, -0.2) is 29.1 Å². The lowest BCUT2D eigenvalue weighted by atomic mass is 10.0. The van der Waals surface area contributed by atoms with Gasteiger partial charge >= 0.3 is 0 Å². The summed E-state index contributed by atoms with van der Waals surface area (Å²) in [5.74, 6) is -1.55. The minimum atomic E-state index is -1.55. The van der Waals surface area contributed by atoms with Crippen LogP contribution in [0, 0.1) is 0 Å². The maximum Gasteiger partial charge on any atom is 0.178 e. The van der Waals surface area contributed by atoms with E-state index < -0.39 is 5.79 Å². The summed E-state index contributed by atoms with van der Waals surface area (Å²) in [6.07, 6.45) is 2.10. The van der Waals surface area contributed by atoms with Gasteiger partial charge in [0, 0.05) is 0 Å². The summed E-state index contributed by atoms with van der Waals surface area (Å²) in [5.41, 5.74) is 0. The summed E-state index contributed by atoms with van der Waals surface area (Å²) in [5, 5.41) is 21.7. The molecule has 3 nitrogen and oxygen atoms in total. The van der Waals surface area contributed by atoms with E-state index >= 15 is 0 Å². The van der Waals surface area contributed by atoms with Crippen LogP contribution in [0.5, 0.6) is 0 Å². The third-order valence-corrected chi connectivity index (χ3v) is 2.00. The van der Waals surface area contributed by atoms with Crippen molar-refractivity contribution >= 4 is 0 Å². The first-order valence-electron chi connectivity index (χ1n) is 4.20. The fourth-order valence-electron chi connectivity index (χ4n) is 1.14. The molecule has 0 radical (unpaired) electrons. The van der Waals surface area contributed by atoms with Gasteiger partial charge in [0.05, 0.1) is 6.04 Å². The number of likely N-dealkylation sites (N-methyl/N-ethyl adjacent to an activating group) is 1. The molecule has 0 saturated heterocycles. The Bertz CT molecular complexity index is 104. The van der Waals surface area contributed by atoms with Crippen molar-refractivity contribution in [3.63, 3.8) is 0 Å². The lowest BCUT2D eigenvalue weighted by Gasteiger charge is -2.29. The van der Waals surface area contributed by atoms with Gasteiger partial charge in [0.1, 0.15) is 0 Å². The number of hydrogen-bond donors (Lipinski definition) is 3.